The molecule has 1 heterocycles. The summed E-state index contributed by atoms with van der Waals surface area (Å²) >= 11 is 6.12. The van der Waals surface area contributed by atoms with Crippen LogP contribution in [0.2, 0.25) is 5.02 Å². The second-order valence-corrected chi connectivity index (χ2v) is 8.96. The molecule has 150 valence electrons. The van der Waals surface area contributed by atoms with E-state index in [0.29, 0.717) is 23.7 Å². The van der Waals surface area contributed by atoms with Crippen LogP contribution in [0.5, 0.6) is 5.75 Å². The fourth-order valence-electron chi connectivity index (χ4n) is 3.60. The number of carbonyl (C=O) groups is 1. The highest BCUT2D eigenvalue weighted by Gasteiger charge is 2.38. The van der Waals surface area contributed by atoms with E-state index in [2.05, 4.69) is 0 Å². The van der Waals surface area contributed by atoms with Crippen LogP contribution in [-0.4, -0.2) is 40.3 Å². The van der Waals surface area contributed by atoms with Gasteiger partial charge in [0, 0.05) is 17.3 Å². The van der Waals surface area contributed by atoms with Crippen LogP contribution >= 0.6 is 11.6 Å². The third-order valence-corrected chi connectivity index (χ3v) is 6.24. The Kier molecular flexibility index (Phi) is 5.86. The van der Waals surface area contributed by atoms with Gasteiger partial charge < -0.3 is 9.64 Å². The summed E-state index contributed by atoms with van der Waals surface area (Å²) in [4.78, 5) is 15.1. The quantitative estimate of drug-likeness (QED) is 0.714. The molecule has 1 atom stereocenters. The van der Waals surface area contributed by atoms with Crippen LogP contribution in [0.15, 0.2) is 42.5 Å². The zero-order valence-electron chi connectivity index (χ0n) is 16.1. The van der Waals surface area contributed by atoms with Gasteiger partial charge in [-0.2, -0.15) is 0 Å². The lowest BCUT2D eigenvalue weighted by molar-refractivity contribution is -0.119. The molecular weight excluding hydrogens is 400 g/mol. The molecule has 2 aromatic carbocycles. The third-order valence-electron chi connectivity index (χ3n) is 4.84. The standard InChI is InChI=1S/C20H23ClN2O4S/c1-4-16(20(24)22-12-11-14-7-5-6-8-17(14)22)23(28(3,25)26)18-13-15(21)9-10-19(18)27-2/h5-10,13,16H,4,11-12H2,1-3H3. The molecule has 6 nitrogen and oxygen atoms in total. The normalized spacial score (nSPS) is 14.5. The molecule has 0 spiro atoms. The topological polar surface area (TPSA) is 66.9 Å². The Morgan fingerprint density at radius 2 is 2.00 bits per heavy atom. The molecule has 1 unspecified atom stereocenters. The van der Waals surface area contributed by atoms with E-state index in [1.165, 1.54) is 13.2 Å². The van der Waals surface area contributed by atoms with Gasteiger partial charge in [-0.3, -0.25) is 9.10 Å². The molecule has 0 bridgehead atoms. The van der Waals surface area contributed by atoms with Crippen molar-refractivity contribution in [2.45, 2.75) is 25.8 Å². The lowest BCUT2D eigenvalue weighted by Crippen LogP contribution is -2.50. The van der Waals surface area contributed by atoms with Crippen molar-refractivity contribution in [1.82, 2.24) is 0 Å². The molecule has 0 N–H and O–H groups in total. The number of methoxy groups -OCH3 is 1. The molecule has 3 rings (SSSR count). The van der Waals surface area contributed by atoms with Crippen molar-refractivity contribution in [2.24, 2.45) is 0 Å². The fourth-order valence-corrected chi connectivity index (χ4v) is 4.97. The van der Waals surface area contributed by atoms with Crippen molar-refractivity contribution in [3.8, 4) is 5.75 Å². The van der Waals surface area contributed by atoms with E-state index in [1.54, 1.807) is 24.0 Å². The summed E-state index contributed by atoms with van der Waals surface area (Å²) in [6.45, 7) is 2.32. The van der Waals surface area contributed by atoms with Crippen molar-refractivity contribution < 1.29 is 17.9 Å². The zero-order chi connectivity index (χ0) is 20.5. The van der Waals surface area contributed by atoms with Gasteiger partial charge in [-0.1, -0.05) is 36.7 Å². The number of fused-ring (bicyclic) bond motifs is 1. The summed E-state index contributed by atoms with van der Waals surface area (Å²) < 4.78 is 31.9. The van der Waals surface area contributed by atoms with Gasteiger partial charge >= 0.3 is 0 Å². The van der Waals surface area contributed by atoms with Crippen LogP contribution in [-0.2, 0) is 21.2 Å². The van der Waals surface area contributed by atoms with Crippen LogP contribution < -0.4 is 13.9 Å². The lowest BCUT2D eigenvalue weighted by atomic mass is 10.1. The van der Waals surface area contributed by atoms with Crippen molar-refractivity contribution in [3.63, 3.8) is 0 Å². The molecular formula is C20H23ClN2O4S. The van der Waals surface area contributed by atoms with E-state index in [1.807, 2.05) is 24.3 Å². The van der Waals surface area contributed by atoms with Crippen molar-refractivity contribution >= 4 is 38.9 Å². The maximum absolute atomic E-state index is 13.4. The Labute approximate surface area is 170 Å². The number of para-hydroxylation sites is 1. The monoisotopic (exact) mass is 422 g/mol. The first-order valence-corrected chi connectivity index (χ1v) is 11.2. The molecule has 2 aromatic rings. The molecule has 0 saturated carbocycles. The Morgan fingerprint density at radius 3 is 2.64 bits per heavy atom. The smallest absolute Gasteiger partial charge is 0.250 e. The molecule has 0 aliphatic carbocycles. The minimum atomic E-state index is -3.78. The van der Waals surface area contributed by atoms with Gasteiger partial charge in [0.15, 0.2) is 0 Å². The number of amides is 1. The van der Waals surface area contributed by atoms with Gasteiger partial charge in [0.05, 0.1) is 19.1 Å². The number of anilines is 2. The number of rotatable bonds is 6. The number of ether oxygens (including phenoxy) is 1. The highest BCUT2D eigenvalue weighted by molar-refractivity contribution is 7.92. The highest BCUT2D eigenvalue weighted by Crippen LogP contribution is 2.36. The van der Waals surface area contributed by atoms with Gasteiger partial charge in [0.2, 0.25) is 10.0 Å². The maximum Gasteiger partial charge on any atom is 0.250 e. The largest absolute Gasteiger partial charge is 0.495 e. The van der Waals surface area contributed by atoms with Crippen LogP contribution in [0.1, 0.15) is 18.9 Å². The fraction of sp³-hybridized carbons (Fsp3) is 0.350. The molecule has 0 aromatic heterocycles. The molecule has 28 heavy (non-hydrogen) atoms. The highest BCUT2D eigenvalue weighted by atomic mass is 35.5. The minimum absolute atomic E-state index is 0.255. The molecule has 0 radical (unpaired) electrons. The number of hydrogen-bond donors (Lipinski definition) is 0. The second-order valence-electron chi connectivity index (χ2n) is 6.67. The van der Waals surface area contributed by atoms with Gasteiger partial charge in [-0.25, -0.2) is 8.42 Å². The predicted molar refractivity (Wildman–Crippen MR) is 112 cm³/mol. The van der Waals surface area contributed by atoms with Gasteiger partial charge in [-0.05, 0) is 42.7 Å². The first-order chi connectivity index (χ1) is 13.3. The number of nitrogens with zero attached hydrogens (tertiary/aromatic N) is 2. The Hall–Kier alpha value is -2.25. The van der Waals surface area contributed by atoms with Crippen LogP contribution in [0.25, 0.3) is 0 Å². The molecule has 8 heteroatoms. The van der Waals surface area contributed by atoms with Gasteiger partial charge in [-0.15, -0.1) is 0 Å². The number of hydrogen-bond acceptors (Lipinski definition) is 4. The summed E-state index contributed by atoms with van der Waals surface area (Å²) in [5.74, 6) is 0.0720. The number of benzene rings is 2. The average Bonchev–Trinajstić information content (AvgIpc) is 3.08. The van der Waals surface area contributed by atoms with Crippen LogP contribution in [0.4, 0.5) is 11.4 Å². The Bertz CT molecular complexity index is 993. The first kappa shape index (κ1) is 20.5. The van der Waals surface area contributed by atoms with Crippen molar-refractivity contribution in [3.05, 3.63) is 53.1 Å². The lowest BCUT2D eigenvalue weighted by Gasteiger charge is -2.33. The molecule has 1 aliphatic rings. The maximum atomic E-state index is 13.4. The number of carbonyl (C=O) groups excluding carboxylic acids is 1. The molecule has 0 fully saturated rings. The van der Waals surface area contributed by atoms with Gasteiger partial charge in [0.1, 0.15) is 11.8 Å². The predicted octanol–water partition coefficient (Wildman–Crippen LogP) is 3.48. The van der Waals surface area contributed by atoms with E-state index < -0.39 is 16.1 Å². The van der Waals surface area contributed by atoms with E-state index in [4.69, 9.17) is 16.3 Å². The summed E-state index contributed by atoms with van der Waals surface area (Å²) in [5.41, 5.74) is 2.17. The minimum Gasteiger partial charge on any atom is -0.495 e. The zero-order valence-corrected chi connectivity index (χ0v) is 17.6. The third kappa shape index (κ3) is 3.82. The van der Waals surface area contributed by atoms with E-state index in [0.717, 1.165) is 28.2 Å². The number of sulfonamides is 1. The summed E-state index contributed by atoms with van der Waals surface area (Å²) in [6.07, 6.45) is 2.14. The van der Waals surface area contributed by atoms with E-state index in [9.17, 15) is 13.2 Å². The van der Waals surface area contributed by atoms with Crippen molar-refractivity contribution in [1.29, 1.82) is 0 Å². The van der Waals surface area contributed by atoms with E-state index >= 15 is 0 Å². The second kappa shape index (κ2) is 8.01. The van der Waals surface area contributed by atoms with Crippen LogP contribution in [0, 0.1) is 0 Å². The molecule has 0 saturated heterocycles. The summed E-state index contributed by atoms with van der Waals surface area (Å²) in [7, 11) is -2.33. The summed E-state index contributed by atoms with van der Waals surface area (Å²) in [5, 5.41) is 0.360. The SMILES string of the molecule is CCC(C(=O)N1CCc2ccccc21)N(c1cc(Cl)ccc1OC)S(C)(=O)=O. The first-order valence-electron chi connectivity index (χ1n) is 9.00. The summed E-state index contributed by atoms with van der Waals surface area (Å²) in [6, 6.07) is 11.5. The van der Waals surface area contributed by atoms with Crippen LogP contribution in [0.3, 0.4) is 0 Å². The average molecular weight is 423 g/mol. The van der Waals surface area contributed by atoms with E-state index in [-0.39, 0.29) is 11.6 Å². The Balaban J connectivity index is 2.07. The Morgan fingerprint density at radius 1 is 1.29 bits per heavy atom. The molecule has 1 amide bonds. The molecule has 1 aliphatic heterocycles. The number of halogens is 1. The van der Waals surface area contributed by atoms with Crippen molar-refractivity contribution in [2.75, 3.05) is 29.1 Å². The van der Waals surface area contributed by atoms with Gasteiger partial charge in [0.25, 0.3) is 5.91 Å².